The predicted octanol–water partition coefficient (Wildman–Crippen LogP) is 2.35. The number of hydrogen-bond donors (Lipinski definition) is 3. The summed E-state index contributed by atoms with van der Waals surface area (Å²) in [7, 11) is 0. The first-order valence-electron chi connectivity index (χ1n) is 10.6. The fourth-order valence-electron chi connectivity index (χ4n) is 6.14. The topological polar surface area (TPSA) is 81.7 Å². The highest BCUT2D eigenvalue weighted by atomic mass is 16.3. The van der Waals surface area contributed by atoms with E-state index in [9.17, 15) is 14.7 Å². The molecule has 6 rings (SSSR count). The summed E-state index contributed by atoms with van der Waals surface area (Å²) in [6.07, 6.45) is 4.71. The van der Waals surface area contributed by atoms with Crippen molar-refractivity contribution in [3.8, 4) is 0 Å². The number of aliphatic hydroxyl groups is 1. The molecule has 2 heterocycles. The molecule has 1 saturated heterocycles. The van der Waals surface area contributed by atoms with Crippen LogP contribution in [0, 0.1) is 17.3 Å². The summed E-state index contributed by atoms with van der Waals surface area (Å²) < 4.78 is 0. The number of anilines is 1. The quantitative estimate of drug-likeness (QED) is 0.695. The Hall–Kier alpha value is -2.08. The number of fused-ring (bicyclic) bond motifs is 3. The molecule has 3 aliphatic carbocycles. The van der Waals surface area contributed by atoms with Crippen LogP contribution in [0.1, 0.15) is 55.8 Å². The molecule has 1 spiro atoms. The van der Waals surface area contributed by atoms with E-state index in [4.69, 9.17) is 0 Å². The lowest BCUT2D eigenvalue weighted by molar-refractivity contribution is -0.152. The van der Waals surface area contributed by atoms with Crippen LogP contribution in [0.15, 0.2) is 24.3 Å². The Morgan fingerprint density at radius 3 is 2.68 bits per heavy atom. The van der Waals surface area contributed by atoms with E-state index in [0.29, 0.717) is 31.5 Å². The molecule has 2 bridgehead atoms. The second-order valence-corrected chi connectivity index (χ2v) is 9.51. The molecule has 6 heteroatoms. The number of carbonyl (C=O) groups excluding carboxylic acids is 2. The third-order valence-corrected chi connectivity index (χ3v) is 7.75. The van der Waals surface area contributed by atoms with E-state index in [1.165, 1.54) is 0 Å². The van der Waals surface area contributed by atoms with Crippen LogP contribution in [-0.2, 0) is 4.79 Å². The molecule has 4 atom stereocenters. The van der Waals surface area contributed by atoms with Crippen LogP contribution in [0.2, 0.25) is 0 Å². The number of nitrogens with one attached hydrogen (secondary N) is 2. The third kappa shape index (κ3) is 2.65. The molecular formula is C22H29N3O3. The standard InChI is InChI=1S/C22H29N3O3/c1-21-9-6-14(12-17(21)20(28)25-10-7-15(26)8-11-25)22(13-21)23-18-5-3-2-4-16(18)19(27)24-22/h2-5,14-15,17,23,26H,6-13H2,1H3,(H,24,27)/t14?,17?,21?,22-/m0/s1. The molecule has 6 nitrogen and oxygen atoms in total. The summed E-state index contributed by atoms with van der Waals surface area (Å²) in [4.78, 5) is 28.1. The number of rotatable bonds is 1. The van der Waals surface area contributed by atoms with Crippen molar-refractivity contribution < 1.29 is 14.7 Å². The number of amides is 2. The summed E-state index contributed by atoms with van der Waals surface area (Å²) in [5, 5.41) is 16.7. The first-order valence-corrected chi connectivity index (χ1v) is 10.6. The SMILES string of the molecule is CC12CCC(CC1C(=O)N1CCC(O)CC1)[C@]1(C2)NC(=O)c2ccccc2N1. The van der Waals surface area contributed by atoms with Crippen molar-refractivity contribution in [2.45, 2.75) is 57.2 Å². The second-order valence-electron chi connectivity index (χ2n) is 9.51. The highest BCUT2D eigenvalue weighted by molar-refractivity contribution is 6.02. The van der Waals surface area contributed by atoms with Crippen LogP contribution in [0.4, 0.5) is 5.69 Å². The van der Waals surface area contributed by atoms with Crippen LogP contribution in [0.25, 0.3) is 0 Å². The molecule has 0 aromatic heterocycles. The number of nitrogens with zero attached hydrogens (tertiary/aromatic N) is 1. The van der Waals surface area contributed by atoms with Gasteiger partial charge >= 0.3 is 0 Å². The van der Waals surface area contributed by atoms with Crippen LogP contribution in [0.3, 0.4) is 0 Å². The third-order valence-electron chi connectivity index (χ3n) is 7.75. The van der Waals surface area contributed by atoms with Gasteiger partial charge in [0.15, 0.2) is 0 Å². The minimum absolute atomic E-state index is 0.00277. The summed E-state index contributed by atoms with van der Waals surface area (Å²) in [6.45, 7) is 3.54. The molecule has 5 aliphatic rings. The zero-order valence-corrected chi connectivity index (χ0v) is 16.4. The van der Waals surface area contributed by atoms with Gasteiger partial charge in [0.2, 0.25) is 5.91 Å². The number of carbonyl (C=O) groups is 2. The maximum atomic E-state index is 13.3. The normalized spacial score (nSPS) is 37.4. The van der Waals surface area contributed by atoms with Gasteiger partial charge in [0, 0.05) is 30.6 Å². The molecule has 4 fully saturated rings. The van der Waals surface area contributed by atoms with Crippen LogP contribution < -0.4 is 10.6 Å². The molecule has 3 unspecified atom stereocenters. The van der Waals surface area contributed by atoms with E-state index in [-0.39, 0.29) is 35.2 Å². The number of hydrogen-bond acceptors (Lipinski definition) is 4. The summed E-state index contributed by atoms with van der Waals surface area (Å²) in [6, 6.07) is 7.67. The van der Waals surface area contributed by atoms with Gasteiger partial charge in [-0.2, -0.15) is 0 Å². The van der Waals surface area contributed by atoms with E-state index >= 15 is 0 Å². The number of likely N-dealkylation sites (tertiary alicyclic amines) is 1. The maximum absolute atomic E-state index is 13.3. The second kappa shape index (κ2) is 6.21. The van der Waals surface area contributed by atoms with Crippen LogP contribution >= 0.6 is 0 Å². The van der Waals surface area contributed by atoms with Gasteiger partial charge in [-0.05, 0) is 56.1 Å². The monoisotopic (exact) mass is 383 g/mol. The Labute approximate surface area is 165 Å². The van der Waals surface area contributed by atoms with Crippen molar-refractivity contribution in [2.75, 3.05) is 18.4 Å². The molecule has 2 aliphatic heterocycles. The average Bonchev–Trinajstić information content (AvgIpc) is 2.67. The van der Waals surface area contributed by atoms with Gasteiger partial charge in [0.25, 0.3) is 5.91 Å². The highest BCUT2D eigenvalue weighted by Gasteiger charge is 2.60. The van der Waals surface area contributed by atoms with E-state index < -0.39 is 5.66 Å². The summed E-state index contributed by atoms with van der Waals surface area (Å²) >= 11 is 0. The van der Waals surface area contributed by atoms with Gasteiger partial charge in [0.05, 0.1) is 11.7 Å². The Balaban J connectivity index is 1.40. The van der Waals surface area contributed by atoms with Gasteiger partial charge in [-0.15, -0.1) is 0 Å². The van der Waals surface area contributed by atoms with Crippen molar-refractivity contribution in [2.24, 2.45) is 17.3 Å². The molecule has 28 heavy (non-hydrogen) atoms. The molecule has 3 N–H and O–H groups in total. The van der Waals surface area contributed by atoms with E-state index in [1.807, 2.05) is 29.2 Å². The minimum Gasteiger partial charge on any atom is -0.393 e. The summed E-state index contributed by atoms with van der Waals surface area (Å²) in [5.41, 5.74) is 1.01. The first kappa shape index (κ1) is 18.0. The largest absolute Gasteiger partial charge is 0.393 e. The number of piperidine rings is 1. The molecule has 1 aromatic carbocycles. The van der Waals surface area contributed by atoms with Crippen molar-refractivity contribution in [3.63, 3.8) is 0 Å². The molecule has 150 valence electrons. The zero-order chi connectivity index (χ0) is 19.5. The fourth-order valence-corrected chi connectivity index (χ4v) is 6.14. The number of para-hydroxylation sites is 1. The summed E-state index contributed by atoms with van der Waals surface area (Å²) in [5.74, 6) is 0.480. The smallest absolute Gasteiger partial charge is 0.255 e. The maximum Gasteiger partial charge on any atom is 0.255 e. The highest BCUT2D eigenvalue weighted by Crippen LogP contribution is 2.58. The van der Waals surface area contributed by atoms with Crippen LogP contribution in [0.5, 0.6) is 0 Å². The Morgan fingerprint density at radius 1 is 1.18 bits per heavy atom. The first-order chi connectivity index (χ1) is 13.4. The number of benzene rings is 1. The van der Waals surface area contributed by atoms with Gasteiger partial charge in [-0.25, -0.2) is 0 Å². The number of aliphatic hydroxyl groups excluding tert-OH is 1. The molecule has 1 aromatic rings. The van der Waals surface area contributed by atoms with E-state index in [1.54, 1.807) is 0 Å². The predicted molar refractivity (Wildman–Crippen MR) is 106 cm³/mol. The molecular weight excluding hydrogens is 354 g/mol. The average molecular weight is 383 g/mol. The molecule has 3 saturated carbocycles. The van der Waals surface area contributed by atoms with Crippen molar-refractivity contribution in [1.82, 2.24) is 10.2 Å². The zero-order valence-electron chi connectivity index (χ0n) is 16.4. The van der Waals surface area contributed by atoms with Gasteiger partial charge in [-0.1, -0.05) is 19.1 Å². The van der Waals surface area contributed by atoms with E-state index in [0.717, 1.165) is 31.4 Å². The molecule has 0 radical (unpaired) electrons. The Morgan fingerprint density at radius 2 is 1.93 bits per heavy atom. The Kier molecular flexibility index (Phi) is 3.99. The van der Waals surface area contributed by atoms with Crippen molar-refractivity contribution >= 4 is 17.5 Å². The van der Waals surface area contributed by atoms with E-state index in [2.05, 4.69) is 17.6 Å². The van der Waals surface area contributed by atoms with Crippen molar-refractivity contribution in [1.29, 1.82) is 0 Å². The van der Waals surface area contributed by atoms with Crippen molar-refractivity contribution in [3.05, 3.63) is 29.8 Å². The Bertz CT molecular complexity index is 819. The minimum atomic E-state index is -0.451. The lowest BCUT2D eigenvalue weighted by Crippen LogP contribution is -2.70. The van der Waals surface area contributed by atoms with Crippen LogP contribution in [-0.4, -0.2) is 46.7 Å². The van der Waals surface area contributed by atoms with Gasteiger partial charge in [0.1, 0.15) is 5.66 Å². The molecule has 2 amide bonds. The van der Waals surface area contributed by atoms with Gasteiger partial charge in [-0.3, -0.25) is 9.59 Å². The lowest BCUT2D eigenvalue weighted by Gasteiger charge is -2.61. The van der Waals surface area contributed by atoms with Gasteiger partial charge < -0.3 is 20.6 Å². The fraction of sp³-hybridized carbons (Fsp3) is 0.636. The lowest BCUT2D eigenvalue weighted by atomic mass is 9.51.